The van der Waals surface area contributed by atoms with E-state index in [9.17, 15) is 4.39 Å². The van der Waals surface area contributed by atoms with Crippen LogP contribution in [0.25, 0.3) is 0 Å². The highest BCUT2D eigenvalue weighted by Gasteiger charge is 2.27. The van der Waals surface area contributed by atoms with Crippen LogP contribution in [0.3, 0.4) is 0 Å². The molecule has 2 unspecified atom stereocenters. The molecule has 0 saturated carbocycles. The maximum Gasteiger partial charge on any atom is 0.120 e. The molecule has 1 nitrogen and oxygen atoms in total. The molecule has 3 heteroatoms. The molecular formula is C9H18FNS. The van der Waals surface area contributed by atoms with E-state index in [-0.39, 0.29) is 6.54 Å². The third-order valence-electron chi connectivity index (χ3n) is 2.39. The molecule has 12 heavy (non-hydrogen) atoms. The molecule has 72 valence electrons. The highest BCUT2D eigenvalue weighted by atomic mass is 32.2. The minimum Gasteiger partial charge on any atom is -0.328 e. The molecule has 1 rings (SSSR count). The van der Waals surface area contributed by atoms with Crippen molar-refractivity contribution in [2.45, 2.75) is 31.9 Å². The van der Waals surface area contributed by atoms with Crippen LogP contribution in [-0.4, -0.2) is 23.7 Å². The van der Waals surface area contributed by atoms with Gasteiger partial charge in [0, 0.05) is 6.54 Å². The van der Waals surface area contributed by atoms with E-state index in [0.29, 0.717) is 12.3 Å². The van der Waals surface area contributed by atoms with Gasteiger partial charge in [-0.3, -0.25) is 0 Å². The van der Waals surface area contributed by atoms with Crippen molar-refractivity contribution in [2.75, 3.05) is 18.1 Å². The number of alkyl halides is 1. The second-order valence-electron chi connectivity index (χ2n) is 3.90. The molecule has 1 heterocycles. The van der Waals surface area contributed by atoms with Gasteiger partial charge in [0.25, 0.3) is 0 Å². The number of nitrogens with two attached hydrogens (primary N) is 1. The molecule has 0 spiro atoms. The number of rotatable bonds is 3. The summed E-state index contributed by atoms with van der Waals surface area (Å²) >= 11 is 1.95. The lowest BCUT2D eigenvalue weighted by Gasteiger charge is -2.27. The minimum atomic E-state index is -1.14. The van der Waals surface area contributed by atoms with Gasteiger partial charge >= 0.3 is 0 Å². The first kappa shape index (κ1) is 10.3. The largest absolute Gasteiger partial charge is 0.328 e. The zero-order valence-corrected chi connectivity index (χ0v) is 8.50. The van der Waals surface area contributed by atoms with Crippen molar-refractivity contribution in [3.05, 3.63) is 0 Å². The summed E-state index contributed by atoms with van der Waals surface area (Å²) in [5.74, 6) is 2.93. The lowest BCUT2D eigenvalue weighted by Crippen LogP contribution is -2.33. The van der Waals surface area contributed by atoms with Gasteiger partial charge in [-0.1, -0.05) is 0 Å². The van der Waals surface area contributed by atoms with Gasteiger partial charge in [-0.15, -0.1) is 0 Å². The number of thioether (sulfide) groups is 1. The van der Waals surface area contributed by atoms with Crippen molar-refractivity contribution in [3.8, 4) is 0 Å². The zero-order valence-electron chi connectivity index (χ0n) is 7.68. The lowest BCUT2D eigenvalue weighted by atomic mass is 9.91. The van der Waals surface area contributed by atoms with Crippen LogP contribution in [0.15, 0.2) is 0 Å². The van der Waals surface area contributed by atoms with E-state index in [4.69, 9.17) is 5.73 Å². The van der Waals surface area contributed by atoms with Gasteiger partial charge in [-0.2, -0.15) is 11.8 Å². The third-order valence-corrected chi connectivity index (χ3v) is 3.68. The fourth-order valence-electron chi connectivity index (χ4n) is 1.65. The fraction of sp³-hybridized carbons (Fsp3) is 1.00. The summed E-state index contributed by atoms with van der Waals surface area (Å²) in [4.78, 5) is 0. The van der Waals surface area contributed by atoms with Crippen molar-refractivity contribution in [1.29, 1.82) is 0 Å². The Balaban J connectivity index is 2.28. The molecule has 0 aliphatic carbocycles. The predicted octanol–water partition coefficient (Wildman–Crippen LogP) is 2.21. The summed E-state index contributed by atoms with van der Waals surface area (Å²) < 4.78 is 13.5. The Labute approximate surface area is 78.3 Å². The van der Waals surface area contributed by atoms with E-state index >= 15 is 0 Å². The van der Waals surface area contributed by atoms with E-state index in [2.05, 4.69) is 0 Å². The molecule has 0 amide bonds. The van der Waals surface area contributed by atoms with Gasteiger partial charge < -0.3 is 5.73 Å². The van der Waals surface area contributed by atoms with Crippen molar-refractivity contribution in [2.24, 2.45) is 11.7 Å². The Morgan fingerprint density at radius 3 is 2.92 bits per heavy atom. The molecule has 1 aliphatic rings. The fourth-order valence-corrected chi connectivity index (χ4v) is 2.81. The highest BCUT2D eigenvalue weighted by Crippen LogP contribution is 2.30. The van der Waals surface area contributed by atoms with E-state index in [1.165, 1.54) is 18.6 Å². The van der Waals surface area contributed by atoms with E-state index in [1.807, 2.05) is 11.8 Å². The number of halogens is 1. The minimum absolute atomic E-state index is 0.161. The van der Waals surface area contributed by atoms with Crippen LogP contribution in [0.5, 0.6) is 0 Å². The van der Waals surface area contributed by atoms with Gasteiger partial charge in [0.05, 0.1) is 0 Å². The van der Waals surface area contributed by atoms with Crippen LogP contribution in [0.1, 0.15) is 26.2 Å². The van der Waals surface area contributed by atoms with Crippen molar-refractivity contribution in [1.82, 2.24) is 0 Å². The maximum absolute atomic E-state index is 13.5. The molecule has 1 aliphatic heterocycles. The zero-order chi connectivity index (χ0) is 9.03. The Morgan fingerprint density at radius 1 is 1.67 bits per heavy atom. The van der Waals surface area contributed by atoms with Crippen LogP contribution in [-0.2, 0) is 0 Å². The second-order valence-corrected chi connectivity index (χ2v) is 5.05. The summed E-state index contributed by atoms with van der Waals surface area (Å²) in [5, 5.41) is 0. The molecule has 2 atom stereocenters. The van der Waals surface area contributed by atoms with Crippen molar-refractivity contribution in [3.63, 3.8) is 0 Å². The van der Waals surface area contributed by atoms with Gasteiger partial charge in [-0.05, 0) is 43.6 Å². The molecule has 0 aromatic carbocycles. The van der Waals surface area contributed by atoms with Gasteiger partial charge in [0.15, 0.2) is 0 Å². The van der Waals surface area contributed by atoms with Crippen LogP contribution in [0.2, 0.25) is 0 Å². The van der Waals surface area contributed by atoms with E-state index in [1.54, 1.807) is 6.92 Å². The average Bonchev–Trinajstić information content (AvgIpc) is 2.06. The predicted molar refractivity (Wildman–Crippen MR) is 53.2 cm³/mol. The first-order valence-corrected chi connectivity index (χ1v) is 5.76. The second kappa shape index (κ2) is 4.47. The first-order valence-electron chi connectivity index (χ1n) is 4.61. The smallest absolute Gasteiger partial charge is 0.120 e. The molecular weight excluding hydrogens is 173 g/mol. The average molecular weight is 191 g/mol. The Bertz CT molecular complexity index is 132. The Kier molecular flexibility index (Phi) is 3.84. The summed E-state index contributed by atoms with van der Waals surface area (Å²) in [6.07, 6.45) is 3.08. The molecule has 0 aromatic rings. The molecule has 1 saturated heterocycles. The first-order chi connectivity index (χ1) is 5.64. The standard InChI is InChI=1S/C9H18FNS/c1-9(10,7-11)5-8-3-2-4-12-6-8/h8H,2-7,11H2,1H3. The monoisotopic (exact) mass is 191 g/mol. The SMILES string of the molecule is CC(F)(CN)CC1CCCSC1. The lowest BCUT2D eigenvalue weighted by molar-refractivity contribution is 0.156. The van der Waals surface area contributed by atoms with Crippen LogP contribution < -0.4 is 5.73 Å². The summed E-state index contributed by atoms with van der Waals surface area (Å²) in [5.41, 5.74) is 4.21. The quantitative estimate of drug-likeness (QED) is 0.740. The van der Waals surface area contributed by atoms with Gasteiger partial charge in [0.2, 0.25) is 0 Å². The van der Waals surface area contributed by atoms with Gasteiger partial charge in [0.1, 0.15) is 5.67 Å². The molecule has 0 bridgehead atoms. The van der Waals surface area contributed by atoms with E-state index < -0.39 is 5.67 Å². The molecule has 1 fully saturated rings. The Hall–Kier alpha value is 0.240. The Morgan fingerprint density at radius 2 is 2.42 bits per heavy atom. The number of hydrogen-bond acceptors (Lipinski definition) is 2. The highest BCUT2D eigenvalue weighted by molar-refractivity contribution is 7.99. The molecule has 2 N–H and O–H groups in total. The van der Waals surface area contributed by atoms with Crippen LogP contribution in [0, 0.1) is 5.92 Å². The molecule has 0 aromatic heterocycles. The molecule has 0 radical (unpaired) electrons. The normalized spacial score (nSPS) is 29.8. The van der Waals surface area contributed by atoms with Crippen LogP contribution in [0.4, 0.5) is 4.39 Å². The summed E-state index contributed by atoms with van der Waals surface area (Å²) in [6, 6.07) is 0. The van der Waals surface area contributed by atoms with Gasteiger partial charge in [-0.25, -0.2) is 4.39 Å². The van der Waals surface area contributed by atoms with Crippen molar-refractivity contribution < 1.29 is 4.39 Å². The maximum atomic E-state index is 13.5. The number of hydrogen-bond donors (Lipinski definition) is 1. The summed E-state index contributed by atoms with van der Waals surface area (Å²) in [6.45, 7) is 1.78. The van der Waals surface area contributed by atoms with E-state index in [0.717, 1.165) is 5.75 Å². The van der Waals surface area contributed by atoms with Crippen molar-refractivity contribution >= 4 is 11.8 Å². The summed E-state index contributed by atoms with van der Waals surface area (Å²) in [7, 11) is 0. The third kappa shape index (κ3) is 3.31. The topological polar surface area (TPSA) is 26.0 Å². The van der Waals surface area contributed by atoms with Crippen LogP contribution >= 0.6 is 11.8 Å².